The van der Waals surface area contributed by atoms with Gasteiger partial charge >= 0.3 is 0 Å². The Hall–Kier alpha value is -4.03. The number of nitrogens with zero attached hydrogens (tertiary/aromatic N) is 6. The van der Waals surface area contributed by atoms with E-state index in [4.69, 9.17) is 11.5 Å². The van der Waals surface area contributed by atoms with E-state index in [0.29, 0.717) is 33.8 Å². The largest absolute Gasteiger partial charge is 0.493 e. The zero-order valence-electron chi connectivity index (χ0n) is 19.6. The predicted octanol–water partition coefficient (Wildman–Crippen LogP) is 2.65. The summed E-state index contributed by atoms with van der Waals surface area (Å²) in [7, 11) is 0. The van der Waals surface area contributed by atoms with Gasteiger partial charge in [0.15, 0.2) is 11.5 Å². The number of rotatable bonds is 4. The fourth-order valence-corrected chi connectivity index (χ4v) is 4.21. The molecule has 4 aromatic rings. The standard InChI is InChI=1S/C15H14F2N8O.C7H13NO/c1-6-20-9-3-2-8(21-14(9)24(6)5-10(16)17)7-4-11(26)25-12(7)13(18)22-15(19)23-25;1-6(9)8-7(2)4-3-5-7/h2-4,10,26H,5H2,1H3,(H4,18,19,22,23);3-5H2,1-2H3,(H,8,9). The third-order valence-corrected chi connectivity index (χ3v) is 5.95. The van der Waals surface area contributed by atoms with Gasteiger partial charge in [-0.15, -0.1) is 5.10 Å². The molecular formula is C22H27F2N9O2. The molecule has 1 aliphatic rings. The molecule has 1 amide bonds. The molecule has 6 N–H and O–H groups in total. The lowest BCUT2D eigenvalue weighted by molar-refractivity contribution is -0.121. The van der Waals surface area contributed by atoms with Crippen molar-refractivity contribution in [1.29, 1.82) is 0 Å². The van der Waals surface area contributed by atoms with Gasteiger partial charge in [-0.05, 0) is 45.2 Å². The fraction of sp³-hybridized carbons (Fsp3) is 0.409. The van der Waals surface area contributed by atoms with Crippen LogP contribution in [0.2, 0.25) is 0 Å². The number of carbonyl (C=O) groups is 1. The Labute approximate surface area is 199 Å². The number of nitrogens with two attached hydrogens (primary N) is 2. The van der Waals surface area contributed by atoms with Gasteiger partial charge in [-0.1, -0.05) is 0 Å². The topological polar surface area (TPSA) is 162 Å². The maximum absolute atomic E-state index is 12.9. The molecule has 11 nitrogen and oxygen atoms in total. The summed E-state index contributed by atoms with van der Waals surface area (Å²) in [6.45, 7) is 4.79. The lowest BCUT2D eigenvalue weighted by atomic mass is 9.78. The number of alkyl halides is 2. The number of carbonyl (C=O) groups excluding carboxylic acids is 1. The number of amides is 1. The maximum atomic E-state index is 12.9. The Morgan fingerprint density at radius 2 is 1.97 bits per heavy atom. The van der Waals surface area contributed by atoms with E-state index in [0.717, 1.165) is 17.4 Å². The van der Waals surface area contributed by atoms with Crippen LogP contribution in [-0.4, -0.2) is 52.1 Å². The second-order valence-corrected chi connectivity index (χ2v) is 8.83. The Bertz CT molecular complexity index is 1410. The number of anilines is 2. The summed E-state index contributed by atoms with van der Waals surface area (Å²) in [5, 5.41) is 16.9. The Morgan fingerprint density at radius 1 is 1.26 bits per heavy atom. The highest BCUT2D eigenvalue weighted by Gasteiger charge is 2.31. The third-order valence-electron chi connectivity index (χ3n) is 5.95. The first-order valence-electron chi connectivity index (χ1n) is 11.0. The van der Waals surface area contributed by atoms with Crippen molar-refractivity contribution in [3.63, 3.8) is 0 Å². The molecule has 0 saturated heterocycles. The lowest BCUT2D eigenvalue weighted by Gasteiger charge is -2.38. The minimum absolute atomic E-state index is 0.0620. The van der Waals surface area contributed by atoms with Gasteiger partial charge in [0.05, 0.1) is 12.2 Å². The van der Waals surface area contributed by atoms with Crippen molar-refractivity contribution in [1.82, 2.24) is 34.4 Å². The molecule has 5 rings (SSSR count). The van der Waals surface area contributed by atoms with E-state index >= 15 is 0 Å². The number of pyridine rings is 1. The first-order chi connectivity index (χ1) is 16.5. The number of hydrogen-bond donors (Lipinski definition) is 4. The molecule has 186 valence electrons. The number of nitrogens with one attached hydrogen (secondary N) is 1. The molecule has 0 aliphatic heterocycles. The van der Waals surface area contributed by atoms with Crippen molar-refractivity contribution in [2.45, 2.75) is 58.5 Å². The van der Waals surface area contributed by atoms with Crippen LogP contribution in [0.3, 0.4) is 0 Å². The zero-order valence-corrected chi connectivity index (χ0v) is 19.6. The molecule has 0 atom stereocenters. The van der Waals surface area contributed by atoms with E-state index in [1.807, 2.05) is 0 Å². The smallest absolute Gasteiger partial charge is 0.256 e. The van der Waals surface area contributed by atoms with Gasteiger partial charge in [0.1, 0.15) is 16.9 Å². The van der Waals surface area contributed by atoms with Crippen molar-refractivity contribution in [3.8, 4) is 17.1 Å². The molecule has 1 fully saturated rings. The average Bonchev–Trinajstić information content (AvgIpc) is 3.23. The number of fused-ring (bicyclic) bond motifs is 2. The van der Waals surface area contributed by atoms with E-state index < -0.39 is 13.0 Å². The molecule has 1 saturated carbocycles. The van der Waals surface area contributed by atoms with Gasteiger partial charge in [0.25, 0.3) is 6.43 Å². The van der Waals surface area contributed by atoms with Gasteiger partial charge in [-0.3, -0.25) is 4.79 Å². The van der Waals surface area contributed by atoms with Crippen LogP contribution < -0.4 is 16.8 Å². The number of imidazole rings is 1. The number of halogens is 2. The molecule has 0 spiro atoms. The van der Waals surface area contributed by atoms with E-state index in [-0.39, 0.29) is 29.1 Å². The molecule has 4 aromatic heterocycles. The van der Waals surface area contributed by atoms with Crippen molar-refractivity contribution >= 4 is 34.4 Å². The van der Waals surface area contributed by atoms with Crippen LogP contribution in [0.5, 0.6) is 5.88 Å². The fourth-order valence-electron chi connectivity index (χ4n) is 4.21. The summed E-state index contributed by atoms with van der Waals surface area (Å²) in [5.74, 6) is 0.297. The summed E-state index contributed by atoms with van der Waals surface area (Å²) >= 11 is 0. The average molecular weight is 488 g/mol. The minimum Gasteiger partial charge on any atom is -0.493 e. The highest BCUT2D eigenvalue weighted by molar-refractivity contribution is 5.89. The minimum atomic E-state index is -2.54. The molecule has 35 heavy (non-hydrogen) atoms. The lowest BCUT2D eigenvalue weighted by Crippen LogP contribution is -2.50. The highest BCUT2D eigenvalue weighted by atomic mass is 19.3. The van der Waals surface area contributed by atoms with Crippen molar-refractivity contribution in [2.24, 2.45) is 0 Å². The summed E-state index contributed by atoms with van der Waals surface area (Å²) in [5.41, 5.74) is 13.6. The summed E-state index contributed by atoms with van der Waals surface area (Å²) < 4.78 is 28.2. The van der Waals surface area contributed by atoms with Crippen LogP contribution in [0.25, 0.3) is 27.9 Å². The highest BCUT2D eigenvalue weighted by Crippen LogP contribution is 2.33. The molecule has 0 bridgehead atoms. The first kappa shape index (κ1) is 24.1. The van der Waals surface area contributed by atoms with Crippen LogP contribution in [0.15, 0.2) is 18.2 Å². The molecular weight excluding hydrogens is 460 g/mol. The van der Waals surface area contributed by atoms with Crippen molar-refractivity contribution in [3.05, 3.63) is 24.0 Å². The number of aromatic nitrogens is 6. The number of aromatic hydroxyl groups is 1. The maximum Gasteiger partial charge on any atom is 0.256 e. The summed E-state index contributed by atoms with van der Waals surface area (Å²) in [6, 6.07) is 4.74. The van der Waals surface area contributed by atoms with Gasteiger partial charge in [-0.25, -0.2) is 18.7 Å². The SMILES string of the molecule is CC(=O)NC1(C)CCC1.Cc1nc2ccc(-c3cc(O)n4nc(N)nc(N)c34)nc2n1CC(F)F. The first-order valence-corrected chi connectivity index (χ1v) is 11.0. The second-order valence-electron chi connectivity index (χ2n) is 8.83. The van der Waals surface area contributed by atoms with Crippen LogP contribution in [0, 0.1) is 6.92 Å². The molecule has 0 aromatic carbocycles. The summed E-state index contributed by atoms with van der Waals surface area (Å²) in [4.78, 5) is 23.1. The Morgan fingerprint density at radius 3 is 2.54 bits per heavy atom. The van der Waals surface area contributed by atoms with Crippen LogP contribution in [-0.2, 0) is 11.3 Å². The Balaban J connectivity index is 0.000000271. The van der Waals surface area contributed by atoms with E-state index in [2.05, 4.69) is 32.3 Å². The van der Waals surface area contributed by atoms with Crippen LogP contribution in [0.1, 0.15) is 38.9 Å². The van der Waals surface area contributed by atoms with Gasteiger partial charge in [0.2, 0.25) is 17.7 Å². The molecule has 13 heteroatoms. The van der Waals surface area contributed by atoms with Crippen molar-refractivity contribution < 1.29 is 18.7 Å². The normalized spacial score (nSPS) is 14.6. The third kappa shape index (κ3) is 4.79. The van der Waals surface area contributed by atoms with Gasteiger partial charge < -0.3 is 26.5 Å². The number of nitrogen functional groups attached to an aromatic ring is 2. The molecule has 1 aliphatic carbocycles. The van der Waals surface area contributed by atoms with Gasteiger partial charge in [-0.2, -0.15) is 9.50 Å². The summed E-state index contributed by atoms with van der Waals surface area (Å²) in [6.07, 6.45) is 1.01. The molecule has 0 radical (unpaired) electrons. The Kier molecular flexibility index (Phi) is 6.17. The van der Waals surface area contributed by atoms with Crippen molar-refractivity contribution in [2.75, 3.05) is 11.5 Å². The van der Waals surface area contributed by atoms with Gasteiger partial charge in [0, 0.05) is 24.1 Å². The quantitative estimate of drug-likeness (QED) is 0.341. The van der Waals surface area contributed by atoms with E-state index in [1.54, 1.807) is 26.0 Å². The molecule has 4 heterocycles. The second kappa shape index (κ2) is 8.96. The van der Waals surface area contributed by atoms with E-state index in [1.165, 1.54) is 17.1 Å². The predicted molar refractivity (Wildman–Crippen MR) is 127 cm³/mol. The zero-order chi connectivity index (χ0) is 25.5. The van der Waals surface area contributed by atoms with E-state index in [9.17, 15) is 18.7 Å². The number of aryl methyl sites for hydroxylation is 1. The van der Waals surface area contributed by atoms with Crippen LogP contribution in [0.4, 0.5) is 20.5 Å². The molecule has 0 unspecified atom stereocenters. The van der Waals surface area contributed by atoms with Crippen LogP contribution >= 0.6 is 0 Å². The monoisotopic (exact) mass is 487 g/mol. The number of hydrogen-bond acceptors (Lipinski definition) is 8.